The fourth-order valence-electron chi connectivity index (χ4n) is 1.09. The summed E-state index contributed by atoms with van der Waals surface area (Å²) in [6.45, 7) is 4.00. The van der Waals surface area contributed by atoms with Gasteiger partial charge in [-0.2, -0.15) is 0 Å². The van der Waals surface area contributed by atoms with E-state index in [9.17, 15) is 9.59 Å². The smallest absolute Gasteiger partial charge is 0.259 e. The molecule has 0 aliphatic carbocycles. The molecule has 0 saturated heterocycles. The van der Waals surface area contributed by atoms with Gasteiger partial charge in [-0.05, 0) is 15.9 Å². The topological polar surface area (TPSA) is 63.1 Å². The maximum Gasteiger partial charge on any atom is 0.259 e. The summed E-state index contributed by atoms with van der Waals surface area (Å²) in [5.74, 6) is 0.146. The third-order valence-corrected chi connectivity index (χ3v) is 2.25. The van der Waals surface area contributed by atoms with Crippen LogP contribution < -0.4 is 5.56 Å². The van der Waals surface area contributed by atoms with Crippen molar-refractivity contribution in [2.45, 2.75) is 13.8 Å². The maximum absolute atomic E-state index is 11.2. The van der Waals surface area contributed by atoms with Gasteiger partial charge in [-0.3, -0.25) is 9.59 Å². The number of aromatic amines is 1. The lowest BCUT2D eigenvalue weighted by Crippen LogP contribution is -2.02. The molecule has 2 heterocycles. The Labute approximate surface area is 94.4 Å². The summed E-state index contributed by atoms with van der Waals surface area (Å²) < 4.78 is 5.71. The van der Waals surface area contributed by atoms with Gasteiger partial charge < -0.3 is 9.40 Å². The molecule has 4 nitrogen and oxygen atoms in total. The zero-order valence-electron chi connectivity index (χ0n) is 8.33. The van der Waals surface area contributed by atoms with Crippen molar-refractivity contribution in [1.82, 2.24) is 4.98 Å². The van der Waals surface area contributed by atoms with E-state index in [1.807, 2.05) is 13.8 Å². The van der Waals surface area contributed by atoms with Gasteiger partial charge in [0.15, 0.2) is 17.6 Å². The van der Waals surface area contributed by atoms with Crippen molar-refractivity contribution in [1.29, 1.82) is 0 Å². The van der Waals surface area contributed by atoms with Crippen molar-refractivity contribution < 1.29 is 9.21 Å². The number of carbonyl (C=O) groups excluding carboxylic acids is 1. The number of hydrogen-bond acceptors (Lipinski definition) is 3. The minimum atomic E-state index is -0.268. The van der Waals surface area contributed by atoms with Crippen LogP contribution in [0.25, 0.3) is 11.0 Å². The highest BCUT2D eigenvalue weighted by molar-refractivity contribution is 9.10. The van der Waals surface area contributed by atoms with Crippen LogP contribution in [0.3, 0.4) is 0 Å². The minimum absolute atomic E-state index is 0.146. The summed E-state index contributed by atoms with van der Waals surface area (Å²) >= 11 is 3.19. The van der Waals surface area contributed by atoms with Gasteiger partial charge in [0.05, 0.1) is 9.86 Å². The highest BCUT2D eigenvalue weighted by Crippen LogP contribution is 2.22. The molecule has 0 radical (unpaired) electrons. The number of pyridine rings is 1. The first-order chi connectivity index (χ1) is 7.22. The van der Waals surface area contributed by atoms with Crippen LogP contribution in [0.15, 0.2) is 25.9 Å². The Morgan fingerprint density at radius 3 is 2.67 bits per heavy atom. The van der Waals surface area contributed by atoms with E-state index in [1.54, 1.807) is 0 Å². The molecule has 2 rings (SSSR count). The van der Waals surface area contributed by atoms with E-state index in [0.717, 1.165) is 0 Å². The first kappa shape index (κ1) is 11.7. The molecule has 1 N–H and O–H groups in total. The van der Waals surface area contributed by atoms with Crippen LogP contribution in [0.2, 0.25) is 0 Å². The number of aldehydes is 1. The summed E-state index contributed by atoms with van der Waals surface area (Å²) in [6, 6.07) is 1.41. The zero-order valence-corrected chi connectivity index (χ0v) is 9.92. The predicted molar refractivity (Wildman–Crippen MR) is 61.3 cm³/mol. The average Bonchev–Trinajstić information content (AvgIpc) is 2.72. The normalized spacial score (nSPS) is 9.53. The molecule has 0 fully saturated rings. The number of fused-ring (bicyclic) bond motifs is 1. The lowest BCUT2D eigenvalue weighted by atomic mass is 10.3. The van der Waals surface area contributed by atoms with E-state index >= 15 is 0 Å². The molecule has 0 amide bonds. The van der Waals surface area contributed by atoms with Gasteiger partial charge in [0, 0.05) is 12.3 Å². The number of aromatic nitrogens is 1. The fraction of sp³-hybridized carbons (Fsp3) is 0.200. The van der Waals surface area contributed by atoms with Crippen LogP contribution >= 0.6 is 15.9 Å². The van der Waals surface area contributed by atoms with Crippen molar-refractivity contribution in [2.75, 3.05) is 0 Å². The Balaban J connectivity index is 0.000000531. The van der Waals surface area contributed by atoms with Gasteiger partial charge in [0.25, 0.3) is 5.56 Å². The van der Waals surface area contributed by atoms with Crippen LogP contribution in [-0.4, -0.2) is 11.3 Å². The largest absolute Gasteiger partial charge is 0.452 e. The molecule has 0 atom stereocenters. The second kappa shape index (κ2) is 4.93. The highest BCUT2D eigenvalue weighted by Gasteiger charge is 2.08. The zero-order chi connectivity index (χ0) is 11.4. The Kier molecular flexibility index (Phi) is 3.85. The third kappa shape index (κ3) is 2.18. The van der Waals surface area contributed by atoms with Gasteiger partial charge in [0.1, 0.15) is 0 Å². The molecular formula is C10H10BrNO3. The van der Waals surface area contributed by atoms with E-state index in [1.165, 1.54) is 12.3 Å². The molecule has 5 heteroatoms. The summed E-state index contributed by atoms with van der Waals surface area (Å²) in [4.78, 5) is 24.1. The van der Waals surface area contributed by atoms with E-state index in [0.29, 0.717) is 21.7 Å². The highest BCUT2D eigenvalue weighted by atomic mass is 79.9. The van der Waals surface area contributed by atoms with E-state index in [2.05, 4.69) is 20.9 Å². The van der Waals surface area contributed by atoms with Crippen molar-refractivity contribution in [3.63, 3.8) is 0 Å². The number of halogens is 1. The van der Waals surface area contributed by atoms with Crippen LogP contribution in [0, 0.1) is 0 Å². The van der Waals surface area contributed by atoms with Crippen LogP contribution in [0.1, 0.15) is 24.4 Å². The lowest BCUT2D eigenvalue weighted by molar-refractivity contribution is 0.110. The van der Waals surface area contributed by atoms with Gasteiger partial charge in [-0.25, -0.2) is 0 Å². The molecular weight excluding hydrogens is 262 g/mol. The molecule has 2 aromatic heterocycles. The molecule has 80 valence electrons. The second-order valence-corrected chi connectivity index (χ2v) is 3.33. The van der Waals surface area contributed by atoms with Crippen LogP contribution in [0.5, 0.6) is 0 Å². The average molecular weight is 272 g/mol. The van der Waals surface area contributed by atoms with Crippen molar-refractivity contribution in [3.05, 3.63) is 32.8 Å². The van der Waals surface area contributed by atoms with Crippen molar-refractivity contribution in [2.24, 2.45) is 0 Å². The van der Waals surface area contributed by atoms with E-state index in [4.69, 9.17) is 4.42 Å². The standard InChI is InChI=1S/C8H4BrNO3.C2H6/c9-6-2-10-8(12)5-1-4(3-11)13-7(5)6;1-2/h1-3H,(H,10,12);1-2H3. The number of H-pyrrole nitrogens is 1. The summed E-state index contributed by atoms with van der Waals surface area (Å²) in [5.41, 5.74) is 0.126. The molecule has 0 bridgehead atoms. The SMILES string of the molecule is CC.O=Cc1cc2c(=O)[nH]cc(Br)c2o1. The van der Waals surface area contributed by atoms with E-state index < -0.39 is 0 Å². The van der Waals surface area contributed by atoms with Gasteiger partial charge in [-0.15, -0.1) is 0 Å². The number of carbonyl (C=O) groups is 1. The van der Waals surface area contributed by atoms with Gasteiger partial charge in [0.2, 0.25) is 0 Å². The Bertz CT molecular complexity index is 527. The molecule has 0 aliphatic rings. The molecule has 0 aromatic carbocycles. The number of hydrogen-bond donors (Lipinski definition) is 1. The van der Waals surface area contributed by atoms with Crippen molar-refractivity contribution in [3.8, 4) is 0 Å². The van der Waals surface area contributed by atoms with Crippen molar-refractivity contribution >= 4 is 33.2 Å². The van der Waals surface area contributed by atoms with Crippen LogP contribution in [-0.2, 0) is 0 Å². The number of nitrogens with one attached hydrogen (secondary N) is 1. The molecule has 0 unspecified atom stereocenters. The predicted octanol–water partition coefficient (Wildman–Crippen LogP) is 2.72. The first-order valence-corrected chi connectivity index (χ1v) is 5.27. The second-order valence-electron chi connectivity index (χ2n) is 2.48. The summed E-state index contributed by atoms with van der Waals surface area (Å²) in [5, 5.41) is 0.372. The maximum atomic E-state index is 11.2. The molecule has 0 spiro atoms. The molecule has 0 saturated carbocycles. The third-order valence-electron chi connectivity index (χ3n) is 1.66. The van der Waals surface area contributed by atoms with Gasteiger partial charge >= 0.3 is 0 Å². The fourth-order valence-corrected chi connectivity index (χ4v) is 1.50. The number of rotatable bonds is 1. The Hall–Kier alpha value is -1.36. The minimum Gasteiger partial charge on any atom is -0.452 e. The summed E-state index contributed by atoms with van der Waals surface area (Å²) in [7, 11) is 0. The molecule has 15 heavy (non-hydrogen) atoms. The van der Waals surface area contributed by atoms with Crippen LogP contribution in [0.4, 0.5) is 0 Å². The first-order valence-electron chi connectivity index (χ1n) is 4.48. The van der Waals surface area contributed by atoms with E-state index in [-0.39, 0.29) is 11.3 Å². The molecule has 2 aromatic rings. The number of furan rings is 1. The quantitative estimate of drug-likeness (QED) is 0.812. The Morgan fingerprint density at radius 1 is 1.47 bits per heavy atom. The molecule has 0 aliphatic heterocycles. The summed E-state index contributed by atoms with van der Waals surface area (Å²) in [6.07, 6.45) is 2.04. The Morgan fingerprint density at radius 2 is 2.13 bits per heavy atom. The van der Waals surface area contributed by atoms with Gasteiger partial charge in [-0.1, -0.05) is 13.8 Å². The lowest BCUT2D eigenvalue weighted by Gasteiger charge is -1.89. The monoisotopic (exact) mass is 271 g/mol.